The topological polar surface area (TPSA) is 86.8 Å². The molecule has 3 aromatic rings. The monoisotopic (exact) mass is 585 g/mol. The number of halogens is 1. The fourth-order valence-corrected chi connectivity index (χ4v) is 6.79. The van der Waals surface area contributed by atoms with Gasteiger partial charge in [0, 0.05) is 35.4 Å². The summed E-state index contributed by atoms with van der Waals surface area (Å²) >= 11 is 3.47. The van der Waals surface area contributed by atoms with Crippen molar-refractivity contribution >= 4 is 54.2 Å². The second-order valence-electron chi connectivity index (χ2n) is 9.46. The van der Waals surface area contributed by atoms with Crippen molar-refractivity contribution in [3.63, 3.8) is 0 Å². The van der Waals surface area contributed by atoms with Crippen LogP contribution in [-0.4, -0.2) is 43.8 Å². The van der Waals surface area contributed by atoms with Crippen LogP contribution in [0.25, 0.3) is 10.8 Å². The van der Waals surface area contributed by atoms with E-state index in [-0.39, 0.29) is 37.4 Å². The molecule has 1 aliphatic heterocycles. The van der Waals surface area contributed by atoms with E-state index in [1.165, 1.54) is 4.31 Å². The number of carbonyl (C=O) groups is 2. The minimum Gasteiger partial charge on any atom is -0.352 e. The van der Waals surface area contributed by atoms with E-state index in [2.05, 4.69) is 21.2 Å². The normalized spacial score (nSPS) is 15.4. The van der Waals surface area contributed by atoms with E-state index in [0.29, 0.717) is 17.0 Å². The quantitative estimate of drug-likeness (QED) is 0.353. The molecular formula is C28H32BrN3O4S. The van der Waals surface area contributed by atoms with E-state index in [1.54, 1.807) is 30.0 Å². The molecular weight excluding hydrogens is 554 g/mol. The lowest BCUT2D eigenvalue weighted by atomic mass is 10.1. The van der Waals surface area contributed by atoms with Crippen molar-refractivity contribution < 1.29 is 18.0 Å². The van der Waals surface area contributed by atoms with Crippen molar-refractivity contribution in [2.45, 2.75) is 63.6 Å². The first-order valence-corrected chi connectivity index (χ1v) is 14.8. The Hall–Kier alpha value is -2.91. The van der Waals surface area contributed by atoms with Crippen LogP contribution in [0.5, 0.6) is 0 Å². The van der Waals surface area contributed by atoms with Crippen molar-refractivity contribution in [2.75, 3.05) is 10.8 Å². The van der Waals surface area contributed by atoms with Gasteiger partial charge in [-0.1, -0.05) is 59.3 Å². The number of benzene rings is 3. The zero-order chi connectivity index (χ0) is 26.7. The van der Waals surface area contributed by atoms with Crippen molar-refractivity contribution in [3.05, 3.63) is 70.7 Å². The van der Waals surface area contributed by atoms with Crippen molar-refractivity contribution in [3.8, 4) is 0 Å². The van der Waals surface area contributed by atoms with Gasteiger partial charge in [-0.15, -0.1) is 0 Å². The van der Waals surface area contributed by atoms with Crippen LogP contribution < -0.4 is 9.62 Å². The Morgan fingerprint density at radius 2 is 1.76 bits per heavy atom. The maximum atomic E-state index is 13.4. The van der Waals surface area contributed by atoms with Gasteiger partial charge in [-0.25, -0.2) is 8.42 Å². The van der Waals surface area contributed by atoms with Crippen LogP contribution >= 0.6 is 15.9 Å². The summed E-state index contributed by atoms with van der Waals surface area (Å²) in [6.07, 6.45) is 1.24. The number of nitrogens with one attached hydrogen (secondary N) is 1. The van der Waals surface area contributed by atoms with Gasteiger partial charge in [0.05, 0.1) is 10.6 Å². The summed E-state index contributed by atoms with van der Waals surface area (Å²) in [4.78, 5) is 28.2. The average molecular weight is 587 g/mol. The van der Waals surface area contributed by atoms with Crippen LogP contribution in [0.4, 0.5) is 5.69 Å². The zero-order valence-corrected chi connectivity index (χ0v) is 23.7. The molecule has 9 heteroatoms. The number of rotatable bonds is 10. The highest BCUT2D eigenvalue weighted by Crippen LogP contribution is 2.42. The maximum Gasteiger partial charge on any atom is 0.265 e. The fraction of sp³-hybridized carbons (Fsp3) is 0.357. The lowest BCUT2D eigenvalue weighted by Gasteiger charge is -2.30. The summed E-state index contributed by atoms with van der Waals surface area (Å²) in [7, 11) is -3.68. The Labute approximate surface area is 227 Å². The van der Waals surface area contributed by atoms with Crippen molar-refractivity contribution in [2.24, 2.45) is 0 Å². The number of sulfonamides is 1. The molecule has 196 valence electrons. The Morgan fingerprint density at radius 1 is 1.05 bits per heavy atom. The highest BCUT2D eigenvalue weighted by atomic mass is 79.9. The summed E-state index contributed by atoms with van der Waals surface area (Å²) in [5.74, 6) is -0.402. The smallest absolute Gasteiger partial charge is 0.265 e. The van der Waals surface area contributed by atoms with Gasteiger partial charge in [0.1, 0.15) is 6.04 Å². The second-order valence-corrected chi connectivity index (χ2v) is 12.2. The van der Waals surface area contributed by atoms with Gasteiger partial charge >= 0.3 is 0 Å². The number of amides is 2. The molecule has 0 radical (unpaired) electrons. The van der Waals surface area contributed by atoms with Gasteiger partial charge in [-0.3, -0.25) is 13.9 Å². The van der Waals surface area contributed by atoms with E-state index in [1.807, 2.05) is 56.3 Å². The molecule has 0 saturated carbocycles. The molecule has 1 heterocycles. The molecule has 0 aromatic heterocycles. The van der Waals surface area contributed by atoms with Crippen LogP contribution in [0.3, 0.4) is 0 Å². The average Bonchev–Trinajstić information content (AvgIpc) is 3.09. The molecule has 2 amide bonds. The van der Waals surface area contributed by atoms with Gasteiger partial charge < -0.3 is 10.2 Å². The Bertz CT molecular complexity index is 1420. The first-order valence-electron chi connectivity index (χ1n) is 12.5. The van der Waals surface area contributed by atoms with E-state index in [0.717, 1.165) is 27.2 Å². The molecule has 7 nitrogen and oxygen atoms in total. The van der Waals surface area contributed by atoms with Gasteiger partial charge in [0.15, 0.2) is 0 Å². The third-order valence-corrected chi connectivity index (χ3v) is 9.19. The first kappa shape index (κ1) is 27.1. The van der Waals surface area contributed by atoms with Gasteiger partial charge in [-0.05, 0) is 61.9 Å². The molecule has 3 aromatic carbocycles. The number of anilines is 1. The van der Waals surface area contributed by atoms with E-state index in [9.17, 15) is 18.0 Å². The fourth-order valence-electron chi connectivity index (χ4n) is 4.60. The molecule has 1 N–H and O–H groups in total. The summed E-state index contributed by atoms with van der Waals surface area (Å²) < 4.78 is 28.8. The van der Waals surface area contributed by atoms with E-state index >= 15 is 0 Å². The summed E-state index contributed by atoms with van der Waals surface area (Å²) in [6.45, 7) is 6.11. The Balaban J connectivity index is 1.50. The second kappa shape index (κ2) is 11.2. The highest BCUT2D eigenvalue weighted by molar-refractivity contribution is 9.10. The molecule has 2 unspecified atom stereocenters. The molecule has 2 atom stereocenters. The Morgan fingerprint density at radius 3 is 2.46 bits per heavy atom. The van der Waals surface area contributed by atoms with Crippen molar-refractivity contribution in [1.82, 2.24) is 10.2 Å². The molecule has 0 aliphatic carbocycles. The molecule has 0 spiro atoms. The number of carbonyl (C=O) groups excluding carboxylic acids is 2. The Kier molecular flexibility index (Phi) is 8.23. The standard InChI is InChI=1S/C28H32BrN3O4S/c1-4-19(2)30-28(34)20(3)31(18-21-9-5-12-23(29)17-21)26(33)15-8-16-32-24-13-6-10-22-11-7-14-25(27(22)24)37(32,35)36/h5-7,9-14,17,19-20H,4,8,15-16,18H2,1-3H3,(H,30,34). The van der Waals surface area contributed by atoms with Crippen LogP contribution in [0, 0.1) is 0 Å². The molecule has 0 saturated heterocycles. The molecule has 4 rings (SSSR count). The number of hydrogen-bond donors (Lipinski definition) is 1. The highest BCUT2D eigenvalue weighted by Gasteiger charge is 2.35. The van der Waals surface area contributed by atoms with Crippen LogP contribution in [0.1, 0.15) is 45.6 Å². The lowest BCUT2D eigenvalue weighted by Crippen LogP contribution is -2.49. The van der Waals surface area contributed by atoms with Crippen LogP contribution in [-0.2, 0) is 26.2 Å². The van der Waals surface area contributed by atoms with E-state index in [4.69, 9.17) is 0 Å². The number of nitrogens with zero attached hydrogens (tertiary/aromatic N) is 2. The predicted octanol–water partition coefficient (Wildman–Crippen LogP) is 5.22. The van der Waals surface area contributed by atoms with Crippen molar-refractivity contribution in [1.29, 1.82) is 0 Å². The van der Waals surface area contributed by atoms with Crippen LogP contribution in [0.15, 0.2) is 70.0 Å². The lowest BCUT2D eigenvalue weighted by molar-refractivity contribution is -0.140. The van der Waals surface area contributed by atoms with Crippen LogP contribution in [0.2, 0.25) is 0 Å². The summed E-state index contributed by atoms with van der Waals surface area (Å²) in [5, 5.41) is 4.56. The third kappa shape index (κ3) is 5.67. The largest absolute Gasteiger partial charge is 0.352 e. The zero-order valence-electron chi connectivity index (χ0n) is 21.3. The van der Waals surface area contributed by atoms with E-state index < -0.39 is 16.1 Å². The minimum absolute atomic E-state index is 0.00230. The molecule has 0 fully saturated rings. The third-order valence-electron chi connectivity index (χ3n) is 6.84. The molecule has 1 aliphatic rings. The number of hydrogen-bond acceptors (Lipinski definition) is 4. The predicted molar refractivity (Wildman–Crippen MR) is 150 cm³/mol. The molecule has 0 bridgehead atoms. The first-order chi connectivity index (χ1) is 17.6. The molecule has 37 heavy (non-hydrogen) atoms. The minimum atomic E-state index is -3.68. The van der Waals surface area contributed by atoms with Gasteiger partial charge in [-0.2, -0.15) is 0 Å². The maximum absolute atomic E-state index is 13.4. The van der Waals surface area contributed by atoms with Gasteiger partial charge in [0.2, 0.25) is 11.8 Å². The summed E-state index contributed by atoms with van der Waals surface area (Å²) in [5.41, 5.74) is 1.54. The van der Waals surface area contributed by atoms with Gasteiger partial charge in [0.25, 0.3) is 10.0 Å². The SMILES string of the molecule is CCC(C)NC(=O)C(C)N(Cc1cccc(Br)c1)C(=O)CCCN1c2cccc3cccc(c23)S1(=O)=O. The summed E-state index contributed by atoms with van der Waals surface area (Å²) in [6, 6.07) is 17.8.